The van der Waals surface area contributed by atoms with Gasteiger partial charge in [-0.1, -0.05) is 6.07 Å². The molecule has 0 spiro atoms. The van der Waals surface area contributed by atoms with E-state index in [0.29, 0.717) is 13.0 Å². The molecule has 1 amide bonds. The molecule has 16 heavy (non-hydrogen) atoms. The van der Waals surface area contributed by atoms with E-state index in [1.165, 1.54) is 11.6 Å². The van der Waals surface area contributed by atoms with Crippen LogP contribution in [0.5, 0.6) is 0 Å². The number of fused-ring (bicyclic) bond motifs is 1. The standard InChI is InChI=1S/C12H15FN2O/c1-14-12(16)5-7-15-6-4-9-2-3-10(13)8-11(9)15/h2-3,8H,4-7H2,1H3,(H,14,16). The Morgan fingerprint density at radius 1 is 1.56 bits per heavy atom. The fraction of sp³-hybridized carbons (Fsp3) is 0.417. The molecule has 2 rings (SSSR count). The molecule has 0 aromatic heterocycles. The summed E-state index contributed by atoms with van der Waals surface area (Å²) in [6, 6.07) is 4.86. The molecule has 0 atom stereocenters. The van der Waals surface area contributed by atoms with Gasteiger partial charge in [0.05, 0.1) is 0 Å². The van der Waals surface area contributed by atoms with Gasteiger partial charge < -0.3 is 10.2 Å². The van der Waals surface area contributed by atoms with Gasteiger partial charge in [0.1, 0.15) is 5.82 Å². The highest BCUT2D eigenvalue weighted by Crippen LogP contribution is 2.28. The molecule has 1 heterocycles. The van der Waals surface area contributed by atoms with Crippen molar-refractivity contribution < 1.29 is 9.18 Å². The number of carbonyl (C=O) groups excluding carboxylic acids is 1. The lowest BCUT2D eigenvalue weighted by atomic mass is 10.2. The Balaban J connectivity index is 2.05. The van der Waals surface area contributed by atoms with Crippen molar-refractivity contribution in [1.29, 1.82) is 0 Å². The number of halogens is 1. The second-order valence-electron chi connectivity index (χ2n) is 3.93. The van der Waals surface area contributed by atoms with Gasteiger partial charge in [-0.3, -0.25) is 4.79 Å². The van der Waals surface area contributed by atoms with Crippen LogP contribution in [0.3, 0.4) is 0 Å². The number of hydrogen-bond acceptors (Lipinski definition) is 2. The molecule has 3 nitrogen and oxygen atoms in total. The molecule has 0 saturated carbocycles. The van der Waals surface area contributed by atoms with E-state index in [4.69, 9.17) is 0 Å². The van der Waals surface area contributed by atoms with E-state index >= 15 is 0 Å². The molecule has 1 aliphatic heterocycles. The average molecular weight is 222 g/mol. The van der Waals surface area contributed by atoms with E-state index in [1.54, 1.807) is 13.1 Å². The summed E-state index contributed by atoms with van der Waals surface area (Å²) in [5.41, 5.74) is 2.10. The van der Waals surface area contributed by atoms with Gasteiger partial charge in [0.15, 0.2) is 0 Å². The third kappa shape index (κ3) is 2.15. The second kappa shape index (κ2) is 4.51. The molecule has 1 aromatic carbocycles. The number of nitrogens with zero attached hydrogens (tertiary/aromatic N) is 1. The summed E-state index contributed by atoms with van der Waals surface area (Å²) in [4.78, 5) is 13.2. The van der Waals surface area contributed by atoms with Crippen molar-refractivity contribution in [1.82, 2.24) is 5.32 Å². The van der Waals surface area contributed by atoms with Gasteiger partial charge in [-0.25, -0.2) is 4.39 Å². The lowest BCUT2D eigenvalue weighted by Gasteiger charge is -2.18. The van der Waals surface area contributed by atoms with E-state index in [-0.39, 0.29) is 11.7 Å². The fourth-order valence-corrected chi connectivity index (χ4v) is 2.01. The molecule has 1 aromatic rings. The van der Waals surface area contributed by atoms with E-state index in [1.807, 2.05) is 6.07 Å². The van der Waals surface area contributed by atoms with Gasteiger partial charge in [-0.05, 0) is 24.1 Å². The minimum Gasteiger partial charge on any atom is -0.370 e. The zero-order valence-electron chi connectivity index (χ0n) is 9.29. The van der Waals surface area contributed by atoms with Crippen LogP contribution in [0.2, 0.25) is 0 Å². The number of benzene rings is 1. The Morgan fingerprint density at radius 3 is 3.12 bits per heavy atom. The second-order valence-corrected chi connectivity index (χ2v) is 3.93. The van der Waals surface area contributed by atoms with Gasteiger partial charge in [-0.2, -0.15) is 0 Å². The molecular formula is C12H15FN2O. The Hall–Kier alpha value is -1.58. The third-order valence-corrected chi connectivity index (χ3v) is 2.93. The van der Waals surface area contributed by atoms with Crippen LogP contribution in [-0.2, 0) is 11.2 Å². The van der Waals surface area contributed by atoms with Crippen LogP contribution in [0.25, 0.3) is 0 Å². The highest BCUT2D eigenvalue weighted by Gasteiger charge is 2.19. The molecule has 0 radical (unpaired) electrons. The Labute approximate surface area is 94.3 Å². The summed E-state index contributed by atoms with van der Waals surface area (Å²) in [6.45, 7) is 1.52. The summed E-state index contributed by atoms with van der Waals surface area (Å²) in [5.74, 6) is -0.199. The first-order valence-corrected chi connectivity index (χ1v) is 5.44. The Kier molecular flexibility index (Phi) is 3.08. The fourth-order valence-electron chi connectivity index (χ4n) is 2.01. The van der Waals surface area contributed by atoms with Crippen molar-refractivity contribution in [2.45, 2.75) is 12.8 Å². The quantitative estimate of drug-likeness (QED) is 0.836. The molecule has 4 heteroatoms. The minimum atomic E-state index is -0.217. The topological polar surface area (TPSA) is 32.3 Å². The summed E-state index contributed by atoms with van der Waals surface area (Å²) >= 11 is 0. The van der Waals surface area contributed by atoms with Gasteiger partial charge in [0.2, 0.25) is 5.91 Å². The first-order valence-electron chi connectivity index (χ1n) is 5.44. The monoisotopic (exact) mass is 222 g/mol. The van der Waals surface area contributed by atoms with Crippen LogP contribution < -0.4 is 10.2 Å². The minimum absolute atomic E-state index is 0.0184. The van der Waals surface area contributed by atoms with Gasteiger partial charge in [-0.15, -0.1) is 0 Å². The SMILES string of the molecule is CNC(=O)CCN1CCc2ccc(F)cc21. The van der Waals surface area contributed by atoms with Crippen LogP contribution in [0.4, 0.5) is 10.1 Å². The number of rotatable bonds is 3. The number of hydrogen-bond donors (Lipinski definition) is 1. The largest absolute Gasteiger partial charge is 0.370 e. The van der Waals surface area contributed by atoms with E-state index in [2.05, 4.69) is 10.2 Å². The van der Waals surface area contributed by atoms with Crippen LogP contribution in [0, 0.1) is 5.82 Å². The summed E-state index contributed by atoms with van der Waals surface area (Å²) in [5, 5.41) is 2.58. The van der Waals surface area contributed by atoms with Crippen molar-refractivity contribution in [3.8, 4) is 0 Å². The van der Waals surface area contributed by atoms with Crippen molar-refractivity contribution in [3.05, 3.63) is 29.6 Å². The van der Waals surface area contributed by atoms with E-state index in [0.717, 1.165) is 18.7 Å². The maximum absolute atomic E-state index is 13.1. The summed E-state index contributed by atoms with van der Waals surface area (Å²) in [7, 11) is 1.62. The van der Waals surface area contributed by atoms with Crippen molar-refractivity contribution in [2.24, 2.45) is 0 Å². The highest BCUT2D eigenvalue weighted by atomic mass is 19.1. The molecule has 0 fully saturated rings. The zero-order chi connectivity index (χ0) is 11.5. The Morgan fingerprint density at radius 2 is 2.38 bits per heavy atom. The summed E-state index contributed by atoms with van der Waals surface area (Å²) < 4.78 is 13.1. The molecule has 0 aliphatic carbocycles. The summed E-state index contributed by atoms with van der Waals surface area (Å²) in [6.07, 6.45) is 1.38. The molecule has 86 valence electrons. The van der Waals surface area contributed by atoms with E-state index < -0.39 is 0 Å². The van der Waals surface area contributed by atoms with Crippen LogP contribution in [-0.4, -0.2) is 26.0 Å². The third-order valence-electron chi connectivity index (χ3n) is 2.93. The highest BCUT2D eigenvalue weighted by molar-refractivity contribution is 5.76. The first kappa shape index (κ1) is 10.9. The number of carbonyl (C=O) groups is 1. The normalized spacial score (nSPS) is 13.8. The molecule has 1 aliphatic rings. The van der Waals surface area contributed by atoms with Gasteiger partial charge in [0.25, 0.3) is 0 Å². The van der Waals surface area contributed by atoms with Gasteiger partial charge >= 0.3 is 0 Å². The van der Waals surface area contributed by atoms with Crippen molar-refractivity contribution in [3.63, 3.8) is 0 Å². The smallest absolute Gasteiger partial charge is 0.221 e. The lowest BCUT2D eigenvalue weighted by Crippen LogP contribution is -2.27. The van der Waals surface area contributed by atoms with Crippen molar-refractivity contribution >= 4 is 11.6 Å². The first-order chi connectivity index (χ1) is 7.70. The van der Waals surface area contributed by atoms with Gasteiger partial charge in [0, 0.05) is 32.2 Å². The van der Waals surface area contributed by atoms with Crippen LogP contribution >= 0.6 is 0 Å². The van der Waals surface area contributed by atoms with Crippen LogP contribution in [0.15, 0.2) is 18.2 Å². The molecule has 0 bridgehead atoms. The molecule has 1 N–H and O–H groups in total. The van der Waals surface area contributed by atoms with Crippen LogP contribution in [0.1, 0.15) is 12.0 Å². The average Bonchev–Trinajstić information content (AvgIpc) is 2.68. The number of nitrogens with one attached hydrogen (secondary N) is 1. The van der Waals surface area contributed by atoms with E-state index in [9.17, 15) is 9.18 Å². The molecule has 0 saturated heterocycles. The Bertz CT molecular complexity index is 406. The molecular weight excluding hydrogens is 207 g/mol. The predicted molar refractivity (Wildman–Crippen MR) is 61.0 cm³/mol. The molecule has 0 unspecified atom stereocenters. The zero-order valence-corrected chi connectivity index (χ0v) is 9.29. The number of amides is 1. The maximum Gasteiger partial charge on any atom is 0.221 e. The maximum atomic E-state index is 13.1. The predicted octanol–water partition coefficient (Wildman–Crippen LogP) is 1.32. The lowest BCUT2D eigenvalue weighted by molar-refractivity contribution is -0.120. The van der Waals surface area contributed by atoms with Crippen molar-refractivity contribution in [2.75, 3.05) is 25.0 Å². The number of anilines is 1.